The smallest absolute Gasteiger partial charge is 0.331 e. The Morgan fingerprint density at radius 3 is 2.43 bits per heavy atom. The molecule has 1 aromatic carbocycles. The molecule has 0 fully saturated rings. The van der Waals surface area contributed by atoms with Gasteiger partial charge in [-0.15, -0.1) is 0 Å². The topological polar surface area (TPSA) is 89.6 Å². The van der Waals surface area contributed by atoms with E-state index in [1.807, 2.05) is 51.1 Å². The van der Waals surface area contributed by atoms with Crippen molar-refractivity contribution in [2.24, 2.45) is 17.6 Å². The average molecular weight is 386 g/mol. The van der Waals surface area contributed by atoms with E-state index in [-0.39, 0.29) is 11.8 Å². The molecule has 0 saturated heterocycles. The first-order chi connectivity index (χ1) is 13.3. The van der Waals surface area contributed by atoms with E-state index >= 15 is 0 Å². The molecule has 0 spiro atoms. The number of primary amides is 1. The predicted octanol–water partition coefficient (Wildman–Crippen LogP) is 3.64. The monoisotopic (exact) mass is 385 g/mol. The van der Waals surface area contributed by atoms with Crippen LogP contribution in [0.15, 0.2) is 60.7 Å². The molecule has 152 valence electrons. The van der Waals surface area contributed by atoms with E-state index in [4.69, 9.17) is 10.5 Å². The lowest BCUT2D eigenvalue weighted by atomic mass is 9.86. The minimum atomic E-state index is -0.588. The highest BCUT2D eigenvalue weighted by Gasteiger charge is 2.29. The first-order valence-corrected chi connectivity index (χ1v) is 9.59. The molecule has 1 aromatic rings. The average Bonchev–Trinajstić information content (AvgIpc) is 2.69. The van der Waals surface area contributed by atoms with Crippen molar-refractivity contribution >= 4 is 18.0 Å². The highest BCUT2D eigenvalue weighted by molar-refractivity contribution is 5.87. The zero-order valence-corrected chi connectivity index (χ0v) is 16.8. The van der Waals surface area contributed by atoms with Crippen molar-refractivity contribution in [1.82, 2.24) is 0 Å². The fraction of sp³-hybridized carbons (Fsp3) is 0.391. The standard InChI is InChI=1S/C23H31NO4/c1-4-17(2)23(27)18(3)20(13-9-6-10-14-21(24)25)28-22(26)16-15-19-11-7-5-8-12-19/h5-12,14-18,20,23,27H,4,13H2,1-3H3,(H2,24,25)/b9-6+,14-10+,16-15+/t17-,18-,20-,23+/m1/s1. The van der Waals surface area contributed by atoms with Crippen molar-refractivity contribution < 1.29 is 19.4 Å². The summed E-state index contributed by atoms with van der Waals surface area (Å²) < 4.78 is 5.62. The van der Waals surface area contributed by atoms with Gasteiger partial charge in [-0.1, -0.05) is 75.8 Å². The fourth-order valence-electron chi connectivity index (χ4n) is 2.71. The Labute approximate surface area is 167 Å². The molecule has 0 heterocycles. The Hall–Kier alpha value is -2.66. The van der Waals surface area contributed by atoms with Gasteiger partial charge in [-0.3, -0.25) is 4.79 Å². The maximum Gasteiger partial charge on any atom is 0.331 e. The van der Waals surface area contributed by atoms with E-state index in [0.717, 1.165) is 12.0 Å². The summed E-state index contributed by atoms with van der Waals surface area (Å²) in [6.07, 6.45) is 9.50. The Morgan fingerprint density at radius 1 is 1.14 bits per heavy atom. The van der Waals surface area contributed by atoms with Crippen LogP contribution >= 0.6 is 0 Å². The van der Waals surface area contributed by atoms with E-state index in [1.54, 1.807) is 18.2 Å². The molecule has 0 aliphatic rings. The van der Waals surface area contributed by atoms with Crippen molar-refractivity contribution in [3.05, 3.63) is 66.3 Å². The number of hydrogen-bond donors (Lipinski definition) is 2. The molecule has 0 bridgehead atoms. The van der Waals surface area contributed by atoms with Gasteiger partial charge in [0.05, 0.1) is 6.10 Å². The maximum absolute atomic E-state index is 12.3. The number of esters is 1. The zero-order chi connectivity index (χ0) is 20.9. The molecular formula is C23H31NO4. The highest BCUT2D eigenvalue weighted by Crippen LogP contribution is 2.23. The van der Waals surface area contributed by atoms with Gasteiger partial charge in [0.15, 0.2) is 0 Å². The normalized spacial score (nSPS) is 16.3. The molecule has 0 saturated carbocycles. The number of aliphatic hydroxyl groups is 1. The van der Waals surface area contributed by atoms with Crippen LogP contribution in [0.4, 0.5) is 0 Å². The Balaban J connectivity index is 2.81. The van der Waals surface area contributed by atoms with Crippen molar-refractivity contribution in [3.8, 4) is 0 Å². The predicted molar refractivity (Wildman–Crippen MR) is 112 cm³/mol. The number of benzene rings is 1. The van der Waals surface area contributed by atoms with Crippen LogP contribution in [0.25, 0.3) is 6.08 Å². The third-order valence-electron chi connectivity index (χ3n) is 4.71. The number of allylic oxidation sites excluding steroid dienone is 2. The van der Waals surface area contributed by atoms with Crippen LogP contribution in [-0.4, -0.2) is 29.2 Å². The molecule has 1 rings (SSSR count). The maximum atomic E-state index is 12.3. The van der Waals surface area contributed by atoms with Gasteiger partial charge < -0.3 is 15.6 Å². The van der Waals surface area contributed by atoms with Gasteiger partial charge in [-0.05, 0) is 17.6 Å². The molecule has 0 aliphatic carbocycles. The quantitative estimate of drug-likeness (QED) is 0.346. The molecule has 28 heavy (non-hydrogen) atoms. The summed E-state index contributed by atoms with van der Waals surface area (Å²) in [5.74, 6) is -1.14. The SMILES string of the molecule is CC[C@@H](C)[C@H](O)[C@H](C)[C@@H](C/C=C/C=C/C(N)=O)OC(=O)/C=C/c1ccccc1. The van der Waals surface area contributed by atoms with Crippen LogP contribution in [0.1, 0.15) is 39.2 Å². The minimum absolute atomic E-state index is 0.0924. The summed E-state index contributed by atoms with van der Waals surface area (Å²) in [6.45, 7) is 5.86. The summed E-state index contributed by atoms with van der Waals surface area (Å²) in [4.78, 5) is 23.0. The number of aliphatic hydroxyl groups excluding tert-OH is 1. The van der Waals surface area contributed by atoms with Gasteiger partial charge in [0.25, 0.3) is 0 Å². The summed E-state index contributed by atoms with van der Waals surface area (Å²) in [6, 6.07) is 9.48. The number of nitrogens with two attached hydrogens (primary N) is 1. The zero-order valence-electron chi connectivity index (χ0n) is 16.8. The summed E-state index contributed by atoms with van der Waals surface area (Å²) in [5.41, 5.74) is 5.95. The van der Waals surface area contributed by atoms with Crippen LogP contribution in [-0.2, 0) is 14.3 Å². The van der Waals surface area contributed by atoms with Crippen molar-refractivity contribution in [2.45, 2.75) is 45.8 Å². The highest BCUT2D eigenvalue weighted by atomic mass is 16.5. The Morgan fingerprint density at radius 2 is 1.82 bits per heavy atom. The van der Waals surface area contributed by atoms with Gasteiger partial charge in [0.2, 0.25) is 5.91 Å². The molecule has 0 aromatic heterocycles. The molecule has 5 nitrogen and oxygen atoms in total. The molecule has 4 atom stereocenters. The third-order valence-corrected chi connectivity index (χ3v) is 4.71. The number of rotatable bonds is 11. The Kier molecular flexibility index (Phi) is 10.6. The summed E-state index contributed by atoms with van der Waals surface area (Å²) in [5, 5.41) is 10.5. The lowest BCUT2D eigenvalue weighted by Gasteiger charge is -2.30. The molecule has 3 N–H and O–H groups in total. The number of hydrogen-bond acceptors (Lipinski definition) is 4. The molecular weight excluding hydrogens is 354 g/mol. The van der Waals surface area contributed by atoms with Crippen LogP contribution in [0.5, 0.6) is 0 Å². The van der Waals surface area contributed by atoms with E-state index in [9.17, 15) is 14.7 Å². The minimum Gasteiger partial charge on any atom is -0.458 e. The van der Waals surface area contributed by atoms with Crippen molar-refractivity contribution in [1.29, 1.82) is 0 Å². The van der Waals surface area contributed by atoms with Crippen LogP contribution < -0.4 is 5.73 Å². The second-order valence-corrected chi connectivity index (χ2v) is 6.88. The second kappa shape index (κ2) is 12.7. The number of amides is 1. The van der Waals surface area contributed by atoms with Gasteiger partial charge in [0.1, 0.15) is 6.10 Å². The van der Waals surface area contributed by atoms with Crippen LogP contribution in [0, 0.1) is 11.8 Å². The van der Waals surface area contributed by atoms with E-state index in [2.05, 4.69) is 0 Å². The summed E-state index contributed by atoms with van der Waals surface area (Å²) >= 11 is 0. The molecule has 0 aliphatic heterocycles. The van der Waals surface area contributed by atoms with Crippen molar-refractivity contribution in [3.63, 3.8) is 0 Å². The lowest BCUT2D eigenvalue weighted by Crippen LogP contribution is -2.36. The second-order valence-electron chi connectivity index (χ2n) is 6.88. The fourth-order valence-corrected chi connectivity index (χ4v) is 2.71. The van der Waals surface area contributed by atoms with Crippen LogP contribution in [0.2, 0.25) is 0 Å². The molecule has 1 amide bonds. The first-order valence-electron chi connectivity index (χ1n) is 9.59. The van der Waals surface area contributed by atoms with Gasteiger partial charge in [-0.25, -0.2) is 4.79 Å². The molecule has 0 unspecified atom stereocenters. The van der Waals surface area contributed by atoms with E-state index in [1.165, 1.54) is 18.2 Å². The largest absolute Gasteiger partial charge is 0.458 e. The Bertz CT molecular complexity index is 694. The summed E-state index contributed by atoms with van der Waals surface area (Å²) in [7, 11) is 0. The first kappa shape index (κ1) is 23.4. The number of carbonyl (C=O) groups is 2. The van der Waals surface area contributed by atoms with Gasteiger partial charge >= 0.3 is 5.97 Å². The van der Waals surface area contributed by atoms with E-state index in [0.29, 0.717) is 6.42 Å². The van der Waals surface area contributed by atoms with E-state index < -0.39 is 24.1 Å². The number of carbonyl (C=O) groups excluding carboxylic acids is 2. The van der Waals surface area contributed by atoms with Crippen LogP contribution in [0.3, 0.4) is 0 Å². The van der Waals surface area contributed by atoms with Gasteiger partial charge in [-0.2, -0.15) is 0 Å². The third kappa shape index (κ3) is 8.82. The lowest BCUT2D eigenvalue weighted by molar-refractivity contribution is -0.148. The van der Waals surface area contributed by atoms with Crippen molar-refractivity contribution in [2.75, 3.05) is 0 Å². The van der Waals surface area contributed by atoms with Gasteiger partial charge in [0, 0.05) is 24.5 Å². The number of ether oxygens (including phenoxy) is 1. The molecule has 0 radical (unpaired) electrons. The molecule has 5 heteroatoms.